The van der Waals surface area contributed by atoms with Gasteiger partial charge in [0.15, 0.2) is 0 Å². The molecule has 7 rings (SSSR count). The van der Waals surface area contributed by atoms with Crippen LogP contribution in [0.1, 0.15) is 0 Å². The van der Waals surface area contributed by atoms with Crippen LogP contribution in [0.15, 0.2) is 100 Å². The second-order valence-electron chi connectivity index (χ2n) is 8.15. The number of ether oxygens (including phenoxy) is 1. The predicted molar refractivity (Wildman–Crippen MR) is 130 cm³/mol. The van der Waals surface area contributed by atoms with Crippen LogP contribution in [0.4, 0.5) is 0 Å². The van der Waals surface area contributed by atoms with Gasteiger partial charge in [0.05, 0.1) is 13.4 Å². The first kappa shape index (κ1) is 17.4. The minimum atomic E-state index is 0.843. The van der Waals surface area contributed by atoms with E-state index in [1.54, 1.807) is 13.4 Å². The molecule has 0 aliphatic rings. The Morgan fingerprint density at radius 3 is 2.38 bits per heavy atom. The zero-order valence-electron chi connectivity index (χ0n) is 17.4. The van der Waals surface area contributed by atoms with Crippen molar-refractivity contribution in [3.63, 3.8) is 0 Å². The van der Waals surface area contributed by atoms with Gasteiger partial charge in [0, 0.05) is 21.5 Å². The Balaban J connectivity index is 1.69. The number of hydrogen-bond acceptors (Lipinski definition) is 3. The molecule has 0 unspecified atom stereocenters. The lowest BCUT2D eigenvalue weighted by molar-refractivity contribution is 0.415. The minimum Gasteiger partial charge on any atom is -0.497 e. The summed E-state index contributed by atoms with van der Waals surface area (Å²) in [5.41, 5.74) is 5.00. The molecule has 5 aromatic carbocycles. The monoisotopic (exact) mass is 414 g/mol. The molecule has 2 heterocycles. The van der Waals surface area contributed by atoms with Gasteiger partial charge < -0.3 is 13.6 Å². The van der Waals surface area contributed by atoms with Crippen molar-refractivity contribution in [1.29, 1.82) is 0 Å². The van der Waals surface area contributed by atoms with E-state index < -0.39 is 0 Å². The first-order valence-corrected chi connectivity index (χ1v) is 10.6. The molecule has 0 amide bonds. The van der Waals surface area contributed by atoms with Gasteiger partial charge in [0.1, 0.15) is 22.5 Å². The summed E-state index contributed by atoms with van der Waals surface area (Å²) in [7, 11) is 1.69. The van der Waals surface area contributed by atoms with E-state index in [-0.39, 0.29) is 0 Å². The smallest absolute Gasteiger partial charge is 0.143 e. The van der Waals surface area contributed by atoms with Crippen LogP contribution < -0.4 is 4.74 Å². The maximum absolute atomic E-state index is 6.45. The highest BCUT2D eigenvalue weighted by atomic mass is 16.5. The van der Waals surface area contributed by atoms with E-state index in [0.717, 1.165) is 71.3 Å². The number of hydrogen-bond donors (Lipinski definition) is 0. The molecular formula is C29H18O3. The molecule has 0 fully saturated rings. The first-order chi connectivity index (χ1) is 15.8. The predicted octanol–water partition coefficient (Wildman–Crippen LogP) is 8.31. The molecule has 152 valence electrons. The molecule has 3 nitrogen and oxygen atoms in total. The van der Waals surface area contributed by atoms with Gasteiger partial charge in [-0.1, -0.05) is 36.4 Å². The molecule has 3 heteroatoms. The van der Waals surface area contributed by atoms with Crippen molar-refractivity contribution in [2.24, 2.45) is 0 Å². The average Bonchev–Trinajstić information content (AvgIpc) is 3.46. The fourth-order valence-electron chi connectivity index (χ4n) is 4.88. The number of methoxy groups -OCH3 is 1. The Morgan fingerprint density at radius 2 is 1.50 bits per heavy atom. The third-order valence-electron chi connectivity index (χ3n) is 6.43. The molecule has 0 saturated heterocycles. The quantitative estimate of drug-likeness (QED) is 0.267. The third kappa shape index (κ3) is 2.36. The zero-order valence-corrected chi connectivity index (χ0v) is 17.4. The molecule has 7 aromatic rings. The van der Waals surface area contributed by atoms with Crippen LogP contribution in [0.2, 0.25) is 0 Å². The van der Waals surface area contributed by atoms with Crippen molar-refractivity contribution in [3.05, 3.63) is 91.2 Å². The fourth-order valence-corrected chi connectivity index (χ4v) is 4.88. The molecule has 0 saturated carbocycles. The Morgan fingerprint density at radius 1 is 0.656 bits per heavy atom. The molecule has 0 spiro atoms. The first-order valence-electron chi connectivity index (χ1n) is 10.6. The van der Waals surface area contributed by atoms with Crippen LogP contribution in [-0.4, -0.2) is 7.11 Å². The van der Waals surface area contributed by atoms with E-state index in [0.29, 0.717) is 0 Å². The van der Waals surface area contributed by atoms with E-state index in [2.05, 4.69) is 54.6 Å². The lowest BCUT2D eigenvalue weighted by Gasteiger charge is -2.12. The maximum Gasteiger partial charge on any atom is 0.143 e. The Bertz CT molecular complexity index is 1790. The van der Waals surface area contributed by atoms with Gasteiger partial charge in [0.2, 0.25) is 0 Å². The summed E-state index contributed by atoms with van der Waals surface area (Å²) in [6, 6.07) is 29.4. The Hall–Kier alpha value is -4.24. The lowest BCUT2D eigenvalue weighted by Crippen LogP contribution is -1.87. The van der Waals surface area contributed by atoms with Crippen molar-refractivity contribution >= 4 is 54.5 Å². The Kier molecular flexibility index (Phi) is 3.48. The van der Waals surface area contributed by atoms with Crippen LogP contribution in [0.5, 0.6) is 5.75 Å². The standard InChI is InChI=1S/C29H18O3/c1-30-20-8-6-17(7-9-20)24-15-19-16-27-18(12-13-31-27)14-25(19)28-22(24)10-11-23-21-4-2-3-5-26(21)32-29(23)28/h2-16H,1H3. The molecule has 0 aliphatic heterocycles. The molecule has 0 N–H and O–H groups in total. The highest BCUT2D eigenvalue weighted by molar-refractivity contribution is 6.27. The van der Waals surface area contributed by atoms with Gasteiger partial charge >= 0.3 is 0 Å². The van der Waals surface area contributed by atoms with Crippen molar-refractivity contribution in [1.82, 2.24) is 0 Å². The van der Waals surface area contributed by atoms with Gasteiger partial charge in [-0.25, -0.2) is 0 Å². The highest BCUT2D eigenvalue weighted by Gasteiger charge is 2.17. The summed E-state index contributed by atoms with van der Waals surface area (Å²) >= 11 is 0. The van der Waals surface area contributed by atoms with Gasteiger partial charge in [-0.05, 0) is 75.8 Å². The van der Waals surface area contributed by atoms with Crippen LogP contribution in [0, 0.1) is 0 Å². The van der Waals surface area contributed by atoms with Crippen LogP contribution >= 0.6 is 0 Å². The van der Waals surface area contributed by atoms with Crippen molar-refractivity contribution in [2.45, 2.75) is 0 Å². The minimum absolute atomic E-state index is 0.843. The lowest BCUT2D eigenvalue weighted by atomic mass is 9.91. The van der Waals surface area contributed by atoms with E-state index >= 15 is 0 Å². The number of rotatable bonds is 2. The van der Waals surface area contributed by atoms with Crippen molar-refractivity contribution in [2.75, 3.05) is 7.11 Å². The summed E-state index contributed by atoms with van der Waals surface area (Å²) in [6.45, 7) is 0. The van der Waals surface area contributed by atoms with E-state index in [9.17, 15) is 0 Å². The van der Waals surface area contributed by atoms with Gasteiger partial charge in [0.25, 0.3) is 0 Å². The molecule has 0 bridgehead atoms. The van der Waals surface area contributed by atoms with E-state index in [1.807, 2.05) is 30.3 Å². The fraction of sp³-hybridized carbons (Fsp3) is 0.0345. The van der Waals surface area contributed by atoms with Crippen LogP contribution in [-0.2, 0) is 0 Å². The second-order valence-corrected chi connectivity index (χ2v) is 8.15. The van der Waals surface area contributed by atoms with Crippen molar-refractivity contribution < 1.29 is 13.6 Å². The molecular weight excluding hydrogens is 396 g/mol. The summed E-state index contributed by atoms with van der Waals surface area (Å²) in [6.07, 6.45) is 1.74. The number of fused-ring (bicyclic) bond motifs is 8. The molecule has 32 heavy (non-hydrogen) atoms. The normalized spacial score (nSPS) is 11.9. The topological polar surface area (TPSA) is 35.5 Å². The maximum atomic E-state index is 6.45. The third-order valence-corrected chi connectivity index (χ3v) is 6.43. The van der Waals surface area contributed by atoms with Gasteiger partial charge in [-0.2, -0.15) is 0 Å². The molecule has 0 aliphatic carbocycles. The molecule has 0 radical (unpaired) electrons. The molecule has 0 atom stereocenters. The van der Waals surface area contributed by atoms with Crippen molar-refractivity contribution in [3.8, 4) is 16.9 Å². The summed E-state index contributed by atoms with van der Waals surface area (Å²) < 4.78 is 17.5. The Labute approximate surface area is 183 Å². The largest absolute Gasteiger partial charge is 0.497 e. The number of benzene rings is 5. The number of furan rings is 2. The average molecular weight is 414 g/mol. The summed E-state index contributed by atoms with van der Waals surface area (Å²) in [5.74, 6) is 0.843. The van der Waals surface area contributed by atoms with Gasteiger partial charge in [-0.3, -0.25) is 0 Å². The van der Waals surface area contributed by atoms with E-state index in [4.69, 9.17) is 13.6 Å². The van der Waals surface area contributed by atoms with Crippen LogP contribution in [0.25, 0.3) is 65.6 Å². The highest BCUT2D eigenvalue weighted by Crippen LogP contribution is 2.43. The number of para-hydroxylation sites is 1. The van der Waals surface area contributed by atoms with Gasteiger partial charge in [-0.15, -0.1) is 0 Å². The van der Waals surface area contributed by atoms with Crippen LogP contribution in [0.3, 0.4) is 0 Å². The zero-order chi connectivity index (χ0) is 21.2. The van der Waals surface area contributed by atoms with E-state index in [1.165, 1.54) is 0 Å². The summed E-state index contributed by atoms with van der Waals surface area (Å²) in [4.78, 5) is 0. The second kappa shape index (κ2) is 6.38. The summed E-state index contributed by atoms with van der Waals surface area (Å²) in [5, 5.41) is 7.94. The SMILES string of the molecule is COc1ccc(-c2cc3cc4occc4cc3c3c2ccc2c4ccccc4oc23)cc1. The molecule has 2 aromatic heterocycles.